The molecule has 15 heavy (non-hydrogen) atoms. The Kier molecular flexibility index (Phi) is 3.57. The second-order valence-corrected chi connectivity index (χ2v) is 5.89. The van der Waals surface area contributed by atoms with Gasteiger partial charge in [0, 0.05) is 24.4 Å². The second kappa shape index (κ2) is 4.74. The highest BCUT2D eigenvalue weighted by molar-refractivity contribution is 7.99. The lowest BCUT2D eigenvalue weighted by Crippen LogP contribution is -2.40. The Morgan fingerprint density at radius 1 is 1.53 bits per heavy atom. The molecule has 2 rings (SSSR count). The largest absolute Gasteiger partial charge is 0.340 e. The van der Waals surface area contributed by atoms with Crippen molar-refractivity contribution in [2.45, 2.75) is 43.5 Å². The molecule has 1 N–H and O–H groups in total. The first-order valence-corrected chi connectivity index (χ1v) is 7.07. The molecular formula is C11H20N2OS. The fraction of sp³-hybridized carbons (Fsp3) is 0.909. The van der Waals surface area contributed by atoms with E-state index in [1.807, 2.05) is 16.7 Å². The minimum Gasteiger partial charge on any atom is -0.340 e. The molecule has 1 aliphatic carbocycles. The lowest BCUT2D eigenvalue weighted by Gasteiger charge is -2.20. The van der Waals surface area contributed by atoms with Gasteiger partial charge in [-0.1, -0.05) is 6.92 Å². The molecule has 2 atom stereocenters. The Labute approximate surface area is 96.0 Å². The zero-order valence-corrected chi connectivity index (χ0v) is 10.3. The highest BCUT2D eigenvalue weighted by Crippen LogP contribution is 2.23. The van der Waals surface area contributed by atoms with Crippen LogP contribution in [0.3, 0.4) is 0 Å². The van der Waals surface area contributed by atoms with Gasteiger partial charge in [-0.2, -0.15) is 11.8 Å². The van der Waals surface area contributed by atoms with Crippen LogP contribution in [-0.2, 0) is 4.79 Å². The summed E-state index contributed by atoms with van der Waals surface area (Å²) in [6.07, 6.45) is 5.61. The number of carbonyl (C=O) groups excluding carboxylic acids is 1. The molecule has 1 aliphatic heterocycles. The number of hydrogen-bond donors (Lipinski definition) is 1. The Morgan fingerprint density at radius 3 is 2.87 bits per heavy atom. The van der Waals surface area contributed by atoms with Gasteiger partial charge in [0.05, 0.1) is 6.04 Å². The Hall–Kier alpha value is -0.220. The molecule has 1 heterocycles. The van der Waals surface area contributed by atoms with E-state index in [9.17, 15) is 4.79 Å². The summed E-state index contributed by atoms with van der Waals surface area (Å²) < 4.78 is 0. The molecule has 0 radical (unpaired) electrons. The molecule has 0 aromatic heterocycles. The number of hydrogen-bond acceptors (Lipinski definition) is 3. The predicted molar refractivity (Wildman–Crippen MR) is 64.1 cm³/mol. The zero-order valence-electron chi connectivity index (χ0n) is 9.53. The van der Waals surface area contributed by atoms with Gasteiger partial charge < -0.3 is 10.2 Å². The molecule has 4 heteroatoms. The van der Waals surface area contributed by atoms with Crippen LogP contribution in [0.15, 0.2) is 0 Å². The molecule has 1 saturated carbocycles. The lowest BCUT2D eigenvalue weighted by atomic mass is 10.2. The maximum Gasteiger partial charge on any atom is 0.239 e. The average molecular weight is 228 g/mol. The summed E-state index contributed by atoms with van der Waals surface area (Å²) in [7, 11) is 0. The summed E-state index contributed by atoms with van der Waals surface area (Å²) in [6.45, 7) is 4.02. The van der Waals surface area contributed by atoms with Crippen LogP contribution in [0.4, 0.5) is 0 Å². The molecular weight excluding hydrogens is 208 g/mol. The van der Waals surface area contributed by atoms with Crippen LogP contribution in [0.5, 0.6) is 0 Å². The van der Waals surface area contributed by atoms with Gasteiger partial charge in [0.25, 0.3) is 0 Å². The van der Waals surface area contributed by atoms with Crippen molar-refractivity contribution in [3.8, 4) is 0 Å². The number of nitrogens with zero attached hydrogens (tertiary/aromatic N) is 1. The van der Waals surface area contributed by atoms with Crippen molar-refractivity contribution in [3.63, 3.8) is 0 Å². The van der Waals surface area contributed by atoms with Crippen molar-refractivity contribution in [2.24, 2.45) is 0 Å². The molecule has 2 aliphatic rings. The minimum atomic E-state index is 0.117. The fourth-order valence-electron chi connectivity index (χ4n) is 1.99. The molecule has 3 nitrogen and oxygen atoms in total. The zero-order chi connectivity index (χ0) is 10.8. The first kappa shape index (κ1) is 11.3. The number of amides is 1. The van der Waals surface area contributed by atoms with Gasteiger partial charge in [0.2, 0.25) is 5.91 Å². The van der Waals surface area contributed by atoms with Crippen LogP contribution in [-0.4, -0.2) is 47.5 Å². The van der Waals surface area contributed by atoms with Gasteiger partial charge in [-0.3, -0.25) is 4.79 Å². The summed E-state index contributed by atoms with van der Waals surface area (Å²) in [5.41, 5.74) is 0. The van der Waals surface area contributed by atoms with Gasteiger partial charge in [-0.25, -0.2) is 0 Å². The normalized spacial score (nSPS) is 28.5. The van der Waals surface area contributed by atoms with Crippen LogP contribution >= 0.6 is 11.8 Å². The number of likely N-dealkylation sites (tertiary alicyclic amines) is 1. The number of carbonyl (C=O) groups is 1. The van der Waals surface area contributed by atoms with E-state index in [0.717, 1.165) is 19.5 Å². The first-order chi connectivity index (χ1) is 7.20. The Balaban J connectivity index is 1.80. The second-order valence-electron chi connectivity index (χ2n) is 4.61. The van der Waals surface area contributed by atoms with Crippen molar-refractivity contribution in [3.05, 3.63) is 0 Å². The van der Waals surface area contributed by atoms with Crippen LogP contribution in [0, 0.1) is 0 Å². The van der Waals surface area contributed by atoms with E-state index in [2.05, 4.69) is 18.5 Å². The van der Waals surface area contributed by atoms with E-state index in [4.69, 9.17) is 0 Å². The third-order valence-corrected chi connectivity index (χ3v) is 4.15. The summed E-state index contributed by atoms with van der Waals surface area (Å²) in [4.78, 5) is 14.0. The highest BCUT2D eigenvalue weighted by atomic mass is 32.2. The van der Waals surface area contributed by atoms with E-state index < -0.39 is 0 Å². The minimum absolute atomic E-state index is 0.117. The number of thioether (sulfide) groups is 1. The van der Waals surface area contributed by atoms with Crippen LogP contribution < -0.4 is 5.32 Å². The summed E-state index contributed by atoms with van der Waals surface area (Å²) >= 11 is 1.83. The van der Waals surface area contributed by atoms with Crippen LogP contribution in [0.25, 0.3) is 0 Å². The van der Waals surface area contributed by atoms with E-state index in [1.165, 1.54) is 12.8 Å². The molecule has 1 amide bonds. The Bertz CT molecular complexity index is 243. The van der Waals surface area contributed by atoms with Gasteiger partial charge in [0.15, 0.2) is 0 Å². The molecule has 2 unspecified atom stereocenters. The SMILES string of the molecule is CSC(C)CN1CCC(NC2CC2)C1=O. The third kappa shape index (κ3) is 2.88. The van der Waals surface area contributed by atoms with Gasteiger partial charge >= 0.3 is 0 Å². The van der Waals surface area contributed by atoms with E-state index in [-0.39, 0.29) is 6.04 Å². The van der Waals surface area contributed by atoms with Crippen LogP contribution in [0.1, 0.15) is 26.2 Å². The van der Waals surface area contributed by atoms with Crippen molar-refractivity contribution >= 4 is 17.7 Å². The summed E-state index contributed by atoms with van der Waals surface area (Å²) in [6, 6.07) is 0.753. The van der Waals surface area contributed by atoms with Crippen molar-refractivity contribution in [1.82, 2.24) is 10.2 Å². The Morgan fingerprint density at radius 2 is 2.27 bits per heavy atom. The van der Waals surface area contributed by atoms with Crippen molar-refractivity contribution in [2.75, 3.05) is 19.3 Å². The average Bonchev–Trinajstić information content (AvgIpc) is 2.98. The topological polar surface area (TPSA) is 32.3 Å². The standard InChI is InChI=1S/C11H20N2OS/c1-8(15-2)7-13-6-5-10(11(13)14)12-9-3-4-9/h8-10,12H,3-7H2,1-2H3. The first-order valence-electron chi connectivity index (χ1n) is 5.78. The van der Waals surface area contributed by atoms with Gasteiger partial charge in [-0.05, 0) is 25.5 Å². The third-order valence-electron chi connectivity index (χ3n) is 3.19. The monoisotopic (exact) mass is 228 g/mol. The van der Waals surface area contributed by atoms with Crippen molar-refractivity contribution in [1.29, 1.82) is 0 Å². The number of nitrogens with one attached hydrogen (secondary N) is 1. The molecule has 1 saturated heterocycles. The predicted octanol–water partition coefficient (Wildman–Crippen LogP) is 1.09. The molecule has 0 aromatic carbocycles. The fourth-order valence-corrected chi connectivity index (χ4v) is 2.32. The van der Waals surface area contributed by atoms with E-state index in [0.29, 0.717) is 17.2 Å². The summed E-state index contributed by atoms with van der Waals surface area (Å²) in [5, 5.41) is 3.98. The molecule has 0 aromatic rings. The van der Waals surface area contributed by atoms with Gasteiger partial charge in [-0.15, -0.1) is 0 Å². The lowest BCUT2D eigenvalue weighted by molar-refractivity contribution is -0.129. The molecule has 2 fully saturated rings. The highest BCUT2D eigenvalue weighted by Gasteiger charge is 2.35. The van der Waals surface area contributed by atoms with Crippen LogP contribution in [0.2, 0.25) is 0 Å². The molecule has 0 spiro atoms. The van der Waals surface area contributed by atoms with Crippen molar-refractivity contribution < 1.29 is 4.79 Å². The van der Waals surface area contributed by atoms with E-state index >= 15 is 0 Å². The number of rotatable bonds is 5. The van der Waals surface area contributed by atoms with E-state index in [1.54, 1.807) is 0 Å². The maximum absolute atomic E-state index is 12.0. The quantitative estimate of drug-likeness (QED) is 0.764. The molecule has 86 valence electrons. The van der Waals surface area contributed by atoms with Gasteiger partial charge in [0.1, 0.15) is 0 Å². The smallest absolute Gasteiger partial charge is 0.239 e. The maximum atomic E-state index is 12.0. The summed E-state index contributed by atoms with van der Waals surface area (Å²) in [5.74, 6) is 0.322. The molecule has 0 bridgehead atoms.